The fourth-order valence-electron chi connectivity index (χ4n) is 1.87. The number of hydrogen-bond donors (Lipinski definition) is 1. The number of aromatic amines is 1. The summed E-state index contributed by atoms with van der Waals surface area (Å²) in [5, 5.41) is 3.22. The summed E-state index contributed by atoms with van der Waals surface area (Å²) in [5.74, 6) is 0. The van der Waals surface area contributed by atoms with Crippen molar-refractivity contribution < 1.29 is 0 Å². The molecule has 0 atom stereocenters. The van der Waals surface area contributed by atoms with Crippen LogP contribution >= 0.6 is 12.2 Å². The van der Waals surface area contributed by atoms with Crippen molar-refractivity contribution in [3.63, 3.8) is 0 Å². The van der Waals surface area contributed by atoms with Crippen LogP contribution in [0.4, 0.5) is 0 Å². The number of aromatic nitrogens is 4. The lowest BCUT2D eigenvalue weighted by Gasteiger charge is -1.97. The number of nitrogens with zero attached hydrogens (tertiary/aromatic N) is 3. The van der Waals surface area contributed by atoms with Crippen molar-refractivity contribution in [2.45, 2.75) is 13.3 Å². The van der Waals surface area contributed by atoms with E-state index in [1.165, 1.54) is 0 Å². The molecule has 3 aromatic rings. The minimum Gasteiger partial charge on any atom is -0.289 e. The zero-order valence-corrected chi connectivity index (χ0v) is 10.7. The fourth-order valence-corrected chi connectivity index (χ4v) is 2.15. The molecule has 0 saturated carbocycles. The van der Waals surface area contributed by atoms with Crippen LogP contribution in [0.3, 0.4) is 0 Å². The van der Waals surface area contributed by atoms with Gasteiger partial charge in [-0.1, -0.05) is 25.2 Å². The van der Waals surface area contributed by atoms with Gasteiger partial charge in [-0.2, -0.15) is 0 Å². The lowest BCUT2D eigenvalue weighted by molar-refractivity contribution is 0.900. The predicted octanol–water partition coefficient (Wildman–Crippen LogP) is 3.02. The van der Waals surface area contributed by atoms with Gasteiger partial charge in [-0.3, -0.25) is 10.1 Å². The molecule has 0 saturated heterocycles. The molecule has 3 aromatic heterocycles. The molecular weight excluding hydrogens is 244 g/mol. The average Bonchev–Trinajstić information content (AvgIpc) is 2.84. The first-order chi connectivity index (χ1) is 8.78. The van der Waals surface area contributed by atoms with E-state index < -0.39 is 0 Å². The maximum absolute atomic E-state index is 5.34. The quantitative estimate of drug-likeness (QED) is 0.717. The summed E-state index contributed by atoms with van der Waals surface area (Å²) in [6, 6.07) is 9.69. The molecule has 0 radical (unpaired) electrons. The Morgan fingerprint density at radius 2 is 2.22 bits per heavy atom. The van der Waals surface area contributed by atoms with E-state index in [1.54, 1.807) is 10.7 Å². The number of H-pyrrole nitrogens is 1. The summed E-state index contributed by atoms with van der Waals surface area (Å²) >= 11 is 5.34. The summed E-state index contributed by atoms with van der Waals surface area (Å²) in [5.41, 5.74) is 3.64. The highest BCUT2D eigenvalue weighted by atomic mass is 32.1. The Hall–Kier alpha value is -2.01. The Labute approximate surface area is 109 Å². The average molecular weight is 256 g/mol. The maximum atomic E-state index is 5.34. The lowest BCUT2D eigenvalue weighted by Crippen LogP contribution is -1.95. The van der Waals surface area contributed by atoms with Crippen LogP contribution in [0.25, 0.3) is 17.0 Å². The van der Waals surface area contributed by atoms with Gasteiger partial charge in [0.15, 0.2) is 5.65 Å². The molecular formula is C13H12N4S. The van der Waals surface area contributed by atoms with Gasteiger partial charge in [0.05, 0.1) is 11.4 Å². The van der Waals surface area contributed by atoms with Crippen LogP contribution in [0.15, 0.2) is 36.5 Å². The fraction of sp³-hybridized carbons (Fsp3) is 0.154. The third-order valence-electron chi connectivity index (χ3n) is 2.81. The molecule has 5 heteroatoms. The van der Waals surface area contributed by atoms with Gasteiger partial charge >= 0.3 is 0 Å². The molecule has 4 nitrogen and oxygen atoms in total. The van der Waals surface area contributed by atoms with Crippen LogP contribution in [0.1, 0.15) is 12.6 Å². The Bertz CT molecular complexity index is 743. The third kappa shape index (κ3) is 1.82. The van der Waals surface area contributed by atoms with Crippen molar-refractivity contribution >= 4 is 17.9 Å². The van der Waals surface area contributed by atoms with Crippen molar-refractivity contribution in [3.05, 3.63) is 46.9 Å². The standard InChI is InChI=1S/C13H12N4S/c1-2-9-7-13(18)17-12(15-9)8-11(16-17)10-5-3-4-6-14-10/h3-8,16H,2H2,1H3. The number of aryl methyl sites for hydroxylation is 1. The van der Waals surface area contributed by atoms with Gasteiger partial charge in [0.1, 0.15) is 4.64 Å². The van der Waals surface area contributed by atoms with Gasteiger partial charge in [0.25, 0.3) is 0 Å². The molecule has 0 fully saturated rings. The minimum absolute atomic E-state index is 0.735. The first-order valence-corrected chi connectivity index (χ1v) is 6.22. The molecule has 0 spiro atoms. The molecule has 0 aliphatic carbocycles. The largest absolute Gasteiger partial charge is 0.289 e. The molecule has 0 unspecified atom stereocenters. The smallest absolute Gasteiger partial charge is 0.155 e. The number of rotatable bonds is 2. The molecule has 0 aliphatic heterocycles. The van der Waals surface area contributed by atoms with Crippen LogP contribution in [-0.2, 0) is 6.42 Å². The Balaban J connectivity index is 2.23. The zero-order chi connectivity index (χ0) is 12.5. The second-order valence-corrected chi connectivity index (χ2v) is 4.44. The molecule has 0 bridgehead atoms. The van der Waals surface area contributed by atoms with E-state index in [2.05, 4.69) is 22.0 Å². The Morgan fingerprint density at radius 1 is 1.33 bits per heavy atom. The van der Waals surface area contributed by atoms with Gasteiger partial charge in [0, 0.05) is 18.0 Å². The molecule has 90 valence electrons. The molecule has 18 heavy (non-hydrogen) atoms. The van der Waals surface area contributed by atoms with Gasteiger partial charge < -0.3 is 0 Å². The first kappa shape index (κ1) is 11.1. The highest BCUT2D eigenvalue weighted by molar-refractivity contribution is 7.71. The summed E-state index contributed by atoms with van der Waals surface area (Å²) in [7, 11) is 0. The van der Waals surface area contributed by atoms with Crippen molar-refractivity contribution in [1.82, 2.24) is 19.6 Å². The van der Waals surface area contributed by atoms with E-state index in [0.717, 1.165) is 33.8 Å². The van der Waals surface area contributed by atoms with E-state index in [1.807, 2.05) is 30.3 Å². The predicted molar refractivity (Wildman–Crippen MR) is 73.0 cm³/mol. The second kappa shape index (κ2) is 4.34. The molecule has 0 aromatic carbocycles. The first-order valence-electron chi connectivity index (χ1n) is 5.81. The van der Waals surface area contributed by atoms with Crippen LogP contribution < -0.4 is 0 Å². The van der Waals surface area contributed by atoms with Crippen LogP contribution in [0.2, 0.25) is 0 Å². The zero-order valence-electron chi connectivity index (χ0n) is 9.92. The summed E-state index contributed by atoms with van der Waals surface area (Å²) in [6.07, 6.45) is 2.65. The normalized spacial score (nSPS) is 10.9. The number of fused-ring (bicyclic) bond motifs is 1. The van der Waals surface area contributed by atoms with Crippen LogP contribution in [0, 0.1) is 4.64 Å². The summed E-state index contributed by atoms with van der Waals surface area (Å²) in [6.45, 7) is 2.07. The topological polar surface area (TPSA) is 46.0 Å². The molecule has 3 heterocycles. The minimum atomic E-state index is 0.735. The van der Waals surface area contributed by atoms with Crippen molar-refractivity contribution in [1.29, 1.82) is 0 Å². The molecule has 1 N–H and O–H groups in total. The molecule has 3 rings (SSSR count). The molecule has 0 aliphatic rings. The lowest BCUT2D eigenvalue weighted by atomic mass is 10.3. The van der Waals surface area contributed by atoms with Crippen LogP contribution in [-0.4, -0.2) is 19.6 Å². The summed E-state index contributed by atoms with van der Waals surface area (Å²) in [4.78, 5) is 8.85. The molecule has 0 amide bonds. The van der Waals surface area contributed by atoms with Gasteiger partial charge in [0.2, 0.25) is 0 Å². The summed E-state index contributed by atoms with van der Waals surface area (Å²) < 4.78 is 2.54. The highest BCUT2D eigenvalue weighted by Crippen LogP contribution is 2.16. The number of hydrogen-bond acceptors (Lipinski definition) is 3. The van der Waals surface area contributed by atoms with E-state index in [0.29, 0.717) is 0 Å². The van der Waals surface area contributed by atoms with E-state index in [9.17, 15) is 0 Å². The van der Waals surface area contributed by atoms with E-state index in [-0.39, 0.29) is 0 Å². The van der Waals surface area contributed by atoms with E-state index in [4.69, 9.17) is 12.2 Å². The van der Waals surface area contributed by atoms with Gasteiger partial charge in [-0.25, -0.2) is 9.50 Å². The second-order valence-electron chi connectivity index (χ2n) is 4.02. The van der Waals surface area contributed by atoms with Crippen molar-refractivity contribution in [2.24, 2.45) is 0 Å². The third-order valence-corrected chi connectivity index (χ3v) is 3.11. The van der Waals surface area contributed by atoms with Crippen molar-refractivity contribution in [3.8, 4) is 11.4 Å². The Kier molecular flexibility index (Phi) is 2.68. The van der Waals surface area contributed by atoms with Gasteiger partial charge in [-0.05, 0) is 24.6 Å². The van der Waals surface area contributed by atoms with Crippen molar-refractivity contribution in [2.75, 3.05) is 0 Å². The Morgan fingerprint density at radius 3 is 2.94 bits per heavy atom. The van der Waals surface area contributed by atoms with Gasteiger partial charge in [-0.15, -0.1) is 0 Å². The highest BCUT2D eigenvalue weighted by Gasteiger charge is 2.06. The van der Waals surface area contributed by atoms with E-state index >= 15 is 0 Å². The maximum Gasteiger partial charge on any atom is 0.155 e. The van der Waals surface area contributed by atoms with Crippen LogP contribution in [0.5, 0.6) is 0 Å². The SMILES string of the molecule is CCc1cc(=S)n2[nH]c(-c3ccccn3)cc2n1. The monoisotopic (exact) mass is 256 g/mol. The number of nitrogens with one attached hydrogen (secondary N) is 1. The number of pyridine rings is 1.